The maximum atomic E-state index is 13.1. The van der Waals surface area contributed by atoms with Crippen LogP contribution in [-0.2, 0) is 22.4 Å². The Labute approximate surface area is 188 Å². The van der Waals surface area contributed by atoms with E-state index in [1.807, 2.05) is 24.3 Å². The fourth-order valence-corrected chi connectivity index (χ4v) is 4.07. The molecule has 0 fully saturated rings. The summed E-state index contributed by atoms with van der Waals surface area (Å²) in [7, 11) is 0. The molecule has 32 heavy (non-hydrogen) atoms. The molecule has 3 aromatic rings. The van der Waals surface area contributed by atoms with Crippen molar-refractivity contribution in [3.63, 3.8) is 0 Å². The van der Waals surface area contributed by atoms with Crippen molar-refractivity contribution in [1.29, 1.82) is 0 Å². The highest BCUT2D eigenvalue weighted by Crippen LogP contribution is 2.32. The lowest BCUT2D eigenvalue weighted by molar-refractivity contribution is -0.384. The summed E-state index contributed by atoms with van der Waals surface area (Å²) in [4.78, 5) is 40.5. The van der Waals surface area contributed by atoms with Gasteiger partial charge in [-0.15, -0.1) is 0 Å². The van der Waals surface area contributed by atoms with Crippen molar-refractivity contribution in [3.05, 3.63) is 74.4 Å². The van der Waals surface area contributed by atoms with E-state index >= 15 is 0 Å². The van der Waals surface area contributed by atoms with Crippen LogP contribution in [0.25, 0.3) is 10.9 Å². The van der Waals surface area contributed by atoms with E-state index in [1.165, 1.54) is 12.1 Å². The molecule has 2 aromatic carbocycles. The Morgan fingerprint density at radius 3 is 2.84 bits per heavy atom. The number of fused-ring (bicyclic) bond motifs is 2. The number of esters is 1. The van der Waals surface area contributed by atoms with Crippen LogP contribution in [0.4, 0.5) is 11.4 Å². The van der Waals surface area contributed by atoms with Crippen LogP contribution in [0.3, 0.4) is 0 Å². The number of pyridine rings is 1. The van der Waals surface area contributed by atoms with Crippen LogP contribution in [0.2, 0.25) is 5.02 Å². The number of anilines is 1. The number of nitrogens with zero attached hydrogens (tertiary/aromatic N) is 2. The molecule has 1 N–H and O–H groups in total. The van der Waals surface area contributed by atoms with Crippen LogP contribution in [0.5, 0.6) is 0 Å². The van der Waals surface area contributed by atoms with E-state index in [-0.39, 0.29) is 16.4 Å². The molecule has 1 atom stereocenters. The number of carbonyl (C=O) groups excluding carboxylic acids is 2. The van der Waals surface area contributed by atoms with Crippen LogP contribution < -0.4 is 5.32 Å². The first-order valence-electron chi connectivity index (χ1n) is 10.1. The molecule has 1 unspecified atom stereocenters. The minimum absolute atomic E-state index is 0.0717. The van der Waals surface area contributed by atoms with Crippen molar-refractivity contribution in [2.24, 2.45) is 5.92 Å². The maximum Gasteiger partial charge on any atom is 0.339 e. The third-order valence-electron chi connectivity index (χ3n) is 5.48. The summed E-state index contributed by atoms with van der Waals surface area (Å²) in [6, 6.07) is 11.1. The largest absolute Gasteiger partial charge is 0.452 e. The molecule has 0 bridgehead atoms. The van der Waals surface area contributed by atoms with Crippen molar-refractivity contribution in [1.82, 2.24) is 4.98 Å². The van der Waals surface area contributed by atoms with Gasteiger partial charge in [0.1, 0.15) is 0 Å². The van der Waals surface area contributed by atoms with Crippen molar-refractivity contribution >= 4 is 45.8 Å². The molecule has 1 amide bonds. The van der Waals surface area contributed by atoms with E-state index in [0.717, 1.165) is 30.2 Å². The molecule has 9 heteroatoms. The molecule has 8 nitrogen and oxygen atoms in total. The van der Waals surface area contributed by atoms with E-state index in [9.17, 15) is 19.7 Å². The Balaban J connectivity index is 1.55. The van der Waals surface area contributed by atoms with Crippen LogP contribution in [-0.4, -0.2) is 28.4 Å². The highest BCUT2D eigenvalue weighted by Gasteiger charge is 2.26. The van der Waals surface area contributed by atoms with E-state index in [4.69, 9.17) is 21.3 Å². The van der Waals surface area contributed by atoms with Gasteiger partial charge in [-0.25, -0.2) is 4.79 Å². The first-order valence-corrected chi connectivity index (χ1v) is 10.5. The first kappa shape index (κ1) is 21.7. The van der Waals surface area contributed by atoms with E-state index < -0.39 is 23.4 Å². The van der Waals surface area contributed by atoms with E-state index in [1.54, 1.807) is 0 Å². The highest BCUT2D eigenvalue weighted by molar-refractivity contribution is 6.33. The predicted molar refractivity (Wildman–Crippen MR) is 120 cm³/mol. The van der Waals surface area contributed by atoms with Gasteiger partial charge in [0.25, 0.3) is 11.6 Å². The average molecular weight is 454 g/mol. The highest BCUT2D eigenvalue weighted by atomic mass is 35.5. The summed E-state index contributed by atoms with van der Waals surface area (Å²) in [6.45, 7) is 1.57. The van der Waals surface area contributed by atoms with Gasteiger partial charge in [-0.2, -0.15) is 0 Å². The summed E-state index contributed by atoms with van der Waals surface area (Å²) < 4.78 is 5.33. The van der Waals surface area contributed by atoms with Crippen LogP contribution >= 0.6 is 11.6 Å². The molecular weight excluding hydrogens is 434 g/mol. The molecule has 0 radical (unpaired) electrons. The standard InChI is InChI=1S/C23H20ClN3O5/c1-13-6-9-19-16(10-13)22(15-4-2-3-5-18(15)25-19)23(29)32-12-21(28)26-20-11-14(27(30)31)7-8-17(20)24/h2-5,7-8,11,13H,6,9-10,12H2,1H3,(H,26,28). The van der Waals surface area contributed by atoms with Crippen molar-refractivity contribution < 1.29 is 19.2 Å². The number of carbonyl (C=O) groups is 2. The van der Waals surface area contributed by atoms with Gasteiger partial charge in [-0.05, 0) is 42.9 Å². The normalized spacial score (nSPS) is 15.1. The number of aromatic nitrogens is 1. The summed E-state index contributed by atoms with van der Waals surface area (Å²) in [5.74, 6) is -0.841. The summed E-state index contributed by atoms with van der Waals surface area (Å²) >= 11 is 6.01. The maximum absolute atomic E-state index is 13.1. The number of rotatable bonds is 5. The average Bonchev–Trinajstić information content (AvgIpc) is 2.77. The fraction of sp³-hybridized carbons (Fsp3) is 0.261. The van der Waals surface area contributed by atoms with Gasteiger partial charge >= 0.3 is 5.97 Å². The zero-order chi connectivity index (χ0) is 22.8. The Bertz CT molecular complexity index is 1240. The Morgan fingerprint density at radius 1 is 1.28 bits per heavy atom. The lowest BCUT2D eigenvalue weighted by Gasteiger charge is -2.24. The smallest absolute Gasteiger partial charge is 0.339 e. The number of halogens is 1. The molecule has 1 heterocycles. The Kier molecular flexibility index (Phi) is 6.05. The second-order valence-electron chi connectivity index (χ2n) is 7.82. The lowest BCUT2D eigenvalue weighted by atomic mass is 9.84. The Hall–Kier alpha value is -3.52. The molecule has 1 aliphatic rings. The molecule has 164 valence electrons. The number of nitrogens with one attached hydrogen (secondary N) is 1. The van der Waals surface area contributed by atoms with Gasteiger partial charge in [0, 0.05) is 23.2 Å². The number of amides is 1. The lowest BCUT2D eigenvalue weighted by Crippen LogP contribution is -2.23. The van der Waals surface area contributed by atoms with Crippen molar-refractivity contribution in [3.8, 4) is 0 Å². The second kappa shape index (κ2) is 8.92. The van der Waals surface area contributed by atoms with Crippen LogP contribution in [0, 0.1) is 16.0 Å². The minimum atomic E-state index is -0.652. The van der Waals surface area contributed by atoms with Gasteiger partial charge in [0.15, 0.2) is 6.61 Å². The number of para-hydroxylation sites is 1. The second-order valence-corrected chi connectivity index (χ2v) is 8.23. The monoisotopic (exact) mass is 453 g/mol. The quantitative estimate of drug-likeness (QED) is 0.340. The molecule has 0 saturated heterocycles. The van der Waals surface area contributed by atoms with Crippen LogP contribution in [0.15, 0.2) is 42.5 Å². The number of hydrogen-bond donors (Lipinski definition) is 1. The third kappa shape index (κ3) is 4.40. The molecule has 0 spiro atoms. The topological polar surface area (TPSA) is 111 Å². The fourth-order valence-electron chi connectivity index (χ4n) is 3.91. The van der Waals surface area contributed by atoms with Crippen molar-refractivity contribution in [2.75, 3.05) is 11.9 Å². The van der Waals surface area contributed by atoms with Crippen LogP contribution in [0.1, 0.15) is 35.0 Å². The van der Waals surface area contributed by atoms with Gasteiger partial charge < -0.3 is 10.1 Å². The van der Waals surface area contributed by atoms with E-state index in [0.29, 0.717) is 28.8 Å². The molecule has 4 rings (SSSR count). The van der Waals surface area contributed by atoms with Gasteiger partial charge in [0.05, 0.1) is 26.7 Å². The number of non-ortho nitro benzene ring substituents is 1. The predicted octanol–water partition coefficient (Wildman–Crippen LogP) is 4.72. The minimum Gasteiger partial charge on any atom is -0.452 e. The van der Waals surface area contributed by atoms with Crippen molar-refractivity contribution in [2.45, 2.75) is 26.2 Å². The number of nitro benzene ring substituents is 1. The first-order chi connectivity index (χ1) is 15.3. The van der Waals surface area contributed by atoms with E-state index in [2.05, 4.69) is 12.2 Å². The SMILES string of the molecule is CC1CCc2nc3ccccc3c(C(=O)OCC(=O)Nc3cc([N+](=O)[O-])ccc3Cl)c2C1. The molecule has 1 aromatic heterocycles. The zero-order valence-electron chi connectivity index (χ0n) is 17.3. The number of nitro groups is 1. The Morgan fingerprint density at radius 2 is 2.06 bits per heavy atom. The third-order valence-corrected chi connectivity index (χ3v) is 5.81. The number of benzene rings is 2. The number of hydrogen-bond acceptors (Lipinski definition) is 6. The summed E-state index contributed by atoms with van der Waals surface area (Å²) in [5.41, 5.74) is 2.77. The van der Waals surface area contributed by atoms with Gasteiger partial charge in [-0.1, -0.05) is 36.7 Å². The molecule has 1 aliphatic carbocycles. The summed E-state index contributed by atoms with van der Waals surface area (Å²) in [5, 5.41) is 14.2. The number of aryl methyl sites for hydroxylation is 1. The zero-order valence-corrected chi connectivity index (χ0v) is 18.0. The number of ether oxygens (including phenoxy) is 1. The van der Waals surface area contributed by atoms with Gasteiger partial charge in [0.2, 0.25) is 0 Å². The van der Waals surface area contributed by atoms with Gasteiger partial charge in [-0.3, -0.25) is 19.9 Å². The molecule has 0 saturated carbocycles. The molecule has 0 aliphatic heterocycles. The molecular formula is C23H20ClN3O5. The summed E-state index contributed by atoms with van der Waals surface area (Å²) in [6.07, 6.45) is 2.50.